The van der Waals surface area contributed by atoms with Gasteiger partial charge in [0.15, 0.2) is 0 Å². The second kappa shape index (κ2) is 4.14. The van der Waals surface area contributed by atoms with Crippen LogP contribution in [0.3, 0.4) is 0 Å². The zero-order chi connectivity index (χ0) is 9.97. The van der Waals surface area contributed by atoms with Crippen molar-refractivity contribution in [1.29, 1.82) is 0 Å². The van der Waals surface area contributed by atoms with Crippen molar-refractivity contribution in [2.75, 3.05) is 13.1 Å². The molecule has 1 aliphatic heterocycles. The number of hydrogen-bond donors (Lipinski definition) is 1. The topological polar surface area (TPSA) is 12.0 Å². The van der Waals surface area contributed by atoms with Gasteiger partial charge in [0.05, 0.1) is 0 Å². The normalized spacial score (nSPS) is 21.8. The average Bonchev–Trinajstić information content (AvgIpc) is 2.71. The van der Waals surface area contributed by atoms with Crippen LogP contribution >= 0.6 is 0 Å². The van der Waals surface area contributed by atoms with Gasteiger partial charge in [0, 0.05) is 6.54 Å². The zero-order valence-corrected chi connectivity index (χ0v) is 9.09. The minimum Gasteiger partial charge on any atom is -0.316 e. The lowest BCUT2D eigenvalue weighted by atomic mass is 9.93. The molecular weight excluding hydrogens is 170 g/mol. The zero-order valence-electron chi connectivity index (χ0n) is 9.09. The Morgan fingerprint density at radius 1 is 1.36 bits per heavy atom. The summed E-state index contributed by atoms with van der Waals surface area (Å²) in [4.78, 5) is 0. The molecule has 14 heavy (non-hydrogen) atoms. The first-order valence-corrected chi connectivity index (χ1v) is 5.58. The van der Waals surface area contributed by atoms with E-state index in [-0.39, 0.29) is 0 Å². The maximum absolute atomic E-state index is 3.42. The number of benzene rings is 1. The first-order chi connectivity index (χ1) is 6.77. The van der Waals surface area contributed by atoms with Gasteiger partial charge >= 0.3 is 0 Å². The third-order valence-corrected chi connectivity index (χ3v) is 3.11. The second-order valence-corrected chi connectivity index (χ2v) is 4.51. The van der Waals surface area contributed by atoms with Crippen LogP contribution in [0.25, 0.3) is 0 Å². The standard InChI is InChI=1S/C13H19N/c1-10(2)11-4-3-5-12(8-11)13-6-7-14-9-13/h3-5,8,10,13-14H,6-7,9H2,1-2H3. The summed E-state index contributed by atoms with van der Waals surface area (Å²) in [5.41, 5.74) is 2.98. The largest absolute Gasteiger partial charge is 0.316 e. The summed E-state index contributed by atoms with van der Waals surface area (Å²) in [7, 11) is 0. The maximum Gasteiger partial charge on any atom is 0.00206 e. The molecule has 0 aromatic heterocycles. The van der Waals surface area contributed by atoms with Crippen LogP contribution in [0.2, 0.25) is 0 Å². The van der Waals surface area contributed by atoms with E-state index >= 15 is 0 Å². The molecule has 1 nitrogen and oxygen atoms in total. The van der Waals surface area contributed by atoms with E-state index in [9.17, 15) is 0 Å². The van der Waals surface area contributed by atoms with Gasteiger partial charge in [0.2, 0.25) is 0 Å². The third kappa shape index (κ3) is 1.98. The highest BCUT2D eigenvalue weighted by Gasteiger charge is 2.16. The van der Waals surface area contributed by atoms with E-state index in [2.05, 4.69) is 43.4 Å². The molecule has 1 unspecified atom stereocenters. The van der Waals surface area contributed by atoms with Gasteiger partial charge in [-0.2, -0.15) is 0 Å². The Balaban J connectivity index is 2.21. The van der Waals surface area contributed by atoms with E-state index in [4.69, 9.17) is 0 Å². The fraction of sp³-hybridized carbons (Fsp3) is 0.538. The molecule has 1 aliphatic rings. The van der Waals surface area contributed by atoms with E-state index in [1.807, 2.05) is 0 Å². The summed E-state index contributed by atoms with van der Waals surface area (Å²) >= 11 is 0. The van der Waals surface area contributed by atoms with Crippen molar-refractivity contribution < 1.29 is 0 Å². The molecule has 2 rings (SSSR count). The summed E-state index contributed by atoms with van der Waals surface area (Å²) < 4.78 is 0. The molecule has 1 aromatic carbocycles. The fourth-order valence-corrected chi connectivity index (χ4v) is 2.11. The molecule has 0 amide bonds. The quantitative estimate of drug-likeness (QED) is 0.754. The van der Waals surface area contributed by atoms with Crippen LogP contribution in [-0.2, 0) is 0 Å². The molecule has 76 valence electrons. The predicted molar refractivity (Wildman–Crippen MR) is 60.8 cm³/mol. The Labute approximate surface area is 86.5 Å². The molecule has 1 heteroatoms. The lowest BCUT2D eigenvalue weighted by Gasteiger charge is -2.12. The first-order valence-electron chi connectivity index (χ1n) is 5.58. The van der Waals surface area contributed by atoms with Crippen molar-refractivity contribution >= 4 is 0 Å². The van der Waals surface area contributed by atoms with Gasteiger partial charge in [-0.05, 0) is 35.9 Å². The number of nitrogens with one attached hydrogen (secondary N) is 1. The average molecular weight is 189 g/mol. The molecule has 1 aromatic rings. The fourth-order valence-electron chi connectivity index (χ4n) is 2.11. The molecule has 1 N–H and O–H groups in total. The van der Waals surface area contributed by atoms with E-state index in [1.54, 1.807) is 0 Å². The molecule has 1 fully saturated rings. The van der Waals surface area contributed by atoms with Crippen molar-refractivity contribution in [2.24, 2.45) is 0 Å². The minimum atomic E-state index is 0.643. The summed E-state index contributed by atoms with van der Waals surface area (Å²) in [6.45, 7) is 6.84. The van der Waals surface area contributed by atoms with Gasteiger partial charge in [0.25, 0.3) is 0 Å². The Kier molecular flexibility index (Phi) is 2.87. The lowest BCUT2D eigenvalue weighted by Crippen LogP contribution is -2.08. The predicted octanol–water partition coefficient (Wildman–Crippen LogP) is 2.89. The Bertz CT molecular complexity index is 298. The Hall–Kier alpha value is -0.820. The van der Waals surface area contributed by atoms with Crippen molar-refractivity contribution in [3.8, 4) is 0 Å². The summed E-state index contributed by atoms with van der Waals surface area (Å²) in [6, 6.07) is 9.07. The maximum atomic E-state index is 3.42. The Morgan fingerprint density at radius 2 is 2.21 bits per heavy atom. The smallest absolute Gasteiger partial charge is 0.00206 e. The molecule has 1 atom stereocenters. The SMILES string of the molecule is CC(C)c1cccc(C2CCNC2)c1. The first kappa shape index (κ1) is 9.72. The van der Waals surface area contributed by atoms with Crippen molar-refractivity contribution in [3.63, 3.8) is 0 Å². The van der Waals surface area contributed by atoms with Crippen molar-refractivity contribution in [3.05, 3.63) is 35.4 Å². The van der Waals surface area contributed by atoms with Crippen LogP contribution in [-0.4, -0.2) is 13.1 Å². The second-order valence-electron chi connectivity index (χ2n) is 4.51. The van der Waals surface area contributed by atoms with Crippen LogP contribution in [0.15, 0.2) is 24.3 Å². The van der Waals surface area contributed by atoms with Gasteiger partial charge in [-0.25, -0.2) is 0 Å². The van der Waals surface area contributed by atoms with Crippen LogP contribution in [0.4, 0.5) is 0 Å². The molecule has 0 saturated carbocycles. The lowest BCUT2D eigenvalue weighted by molar-refractivity contribution is 0.757. The van der Waals surface area contributed by atoms with Gasteiger partial charge in [0.1, 0.15) is 0 Å². The summed E-state index contributed by atoms with van der Waals surface area (Å²) in [6.07, 6.45) is 1.29. The number of hydrogen-bond acceptors (Lipinski definition) is 1. The van der Waals surface area contributed by atoms with E-state index < -0.39 is 0 Å². The molecule has 0 bridgehead atoms. The molecule has 0 aliphatic carbocycles. The third-order valence-electron chi connectivity index (χ3n) is 3.11. The van der Waals surface area contributed by atoms with E-state index in [1.165, 1.54) is 24.1 Å². The molecule has 0 radical (unpaired) electrons. The van der Waals surface area contributed by atoms with Crippen molar-refractivity contribution in [1.82, 2.24) is 5.32 Å². The van der Waals surface area contributed by atoms with Crippen LogP contribution in [0.1, 0.15) is 43.2 Å². The van der Waals surface area contributed by atoms with Crippen molar-refractivity contribution in [2.45, 2.75) is 32.1 Å². The Morgan fingerprint density at radius 3 is 2.86 bits per heavy atom. The van der Waals surface area contributed by atoms with Crippen LogP contribution in [0.5, 0.6) is 0 Å². The van der Waals surface area contributed by atoms with Gasteiger partial charge in [-0.1, -0.05) is 38.1 Å². The highest BCUT2D eigenvalue weighted by molar-refractivity contribution is 5.29. The minimum absolute atomic E-state index is 0.643. The highest BCUT2D eigenvalue weighted by Crippen LogP contribution is 2.25. The van der Waals surface area contributed by atoms with Crippen LogP contribution in [0, 0.1) is 0 Å². The van der Waals surface area contributed by atoms with Gasteiger partial charge in [-0.3, -0.25) is 0 Å². The monoisotopic (exact) mass is 189 g/mol. The van der Waals surface area contributed by atoms with Gasteiger partial charge < -0.3 is 5.32 Å². The van der Waals surface area contributed by atoms with E-state index in [0.29, 0.717) is 5.92 Å². The summed E-state index contributed by atoms with van der Waals surface area (Å²) in [5, 5.41) is 3.42. The van der Waals surface area contributed by atoms with E-state index in [0.717, 1.165) is 12.5 Å². The number of rotatable bonds is 2. The summed E-state index contributed by atoms with van der Waals surface area (Å²) in [5.74, 6) is 1.39. The molecule has 1 heterocycles. The molecule has 0 spiro atoms. The molecule has 1 saturated heterocycles. The highest BCUT2D eigenvalue weighted by atomic mass is 14.9. The van der Waals surface area contributed by atoms with Crippen LogP contribution < -0.4 is 5.32 Å². The van der Waals surface area contributed by atoms with Gasteiger partial charge in [-0.15, -0.1) is 0 Å². The molecular formula is C13H19N.